The van der Waals surface area contributed by atoms with E-state index in [1.165, 1.54) is 0 Å². The van der Waals surface area contributed by atoms with Gasteiger partial charge in [-0.15, -0.1) is 0 Å². The number of allylic oxidation sites excluding steroid dienone is 2. The topological polar surface area (TPSA) is 107 Å². The molecule has 0 spiro atoms. The van der Waals surface area contributed by atoms with Gasteiger partial charge in [0.25, 0.3) is 0 Å². The monoisotopic (exact) mass is 394 g/mol. The number of unbranched alkanes of at least 4 members (excludes halogenated alkanes) is 1. The maximum Gasteiger partial charge on any atom is 0.138 e. The van der Waals surface area contributed by atoms with Gasteiger partial charge in [0.05, 0.1) is 11.9 Å². The van der Waals surface area contributed by atoms with E-state index in [0.29, 0.717) is 42.0 Å². The van der Waals surface area contributed by atoms with Gasteiger partial charge in [0, 0.05) is 41.9 Å². The number of ether oxygens (including phenoxy) is 2. The minimum absolute atomic E-state index is 0.387. The van der Waals surface area contributed by atoms with Gasteiger partial charge in [-0.2, -0.15) is 0 Å². The lowest BCUT2D eigenvalue weighted by Gasteiger charge is -2.15. The Bertz CT molecular complexity index is 858. The molecule has 1 fully saturated rings. The zero-order valence-corrected chi connectivity index (χ0v) is 17.0. The molecule has 1 aliphatic rings. The molecular weight excluding hydrogens is 364 g/mol. The fourth-order valence-electron chi connectivity index (χ4n) is 2.97. The molecule has 0 saturated heterocycles. The Morgan fingerprint density at radius 3 is 2.76 bits per heavy atom. The number of benzene rings is 1. The van der Waals surface area contributed by atoms with Gasteiger partial charge in [0.15, 0.2) is 0 Å². The average Bonchev–Trinajstić information content (AvgIpc) is 3.56. The third-order valence-electron chi connectivity index (χ3n) is 4.76. The van der Waals surface area contributed by atoms with Crippen LogP contribution in [0.2, 0.25) is 0 Å². The number of nitrogens with zero attached hydrogens (tertiary/aromatic N) is 1. The summed E-state index contributed by atoms with van der Waals surface area (Å²) in [7, 11) is 0. The zero-order valence-electron chi connectivity index (χ0n) is 17.0. The summed E-state index contributed by atoms with van der Waals surface area (Å²) in [6.45, 7) is 3.06. The molecule has 5 N–H and O–H groups in total. The van der Waals surface area contributed by atoms with Crippen molar-refractivity contribution in [2.45, 2.75) is 39.0 Å². The molecular formula is C23H30N4O2. The quantitative estimate of drug-likeness (QED) is 0.294. The summed E-state index contributed by atoms with van der Waals surface area (Å²) in [6, 6.07) is 9.33. The number of nitrogens with two attached hydrogens (primary N) is 2. The first kappa shape index (κ1) is 20.9. The number of hydrogen-bond acceptors (Lipinski definition) is 6. The molecule has 0 amide bonds. The maximum absolute atomic E-state index is 8.26. The van der Waals surface area contributed by atoms with Gasteiger partial charge in [0.2, 0.25) is 0 Å². The van der Waals surface area contributed by atoms with Gasteiger partial charge in [-0.05, 0) is 49.6 Å². The molecule has 1 heterocycles. The fourth-order valence-corrected chi connectivity index (χ4v) is 2.97. The van der Waals surface area contributed by atoms with Crippen LogP contribution in [0.3, 0.4) is 0 Å². The van der Waals surface area contributed by atoms with Crippen LogP contribution in [0.1, 0.15) is 39.0 Å². The van der Waals surface area contributed by atoms with E-state index in [4.69, 9.17) is 26.4 Å². The second-order valence-electron chi connectivity index (χ2n) is 7.32. The molecule has 6 nitrogen and oxygen atoms in total. The van der Waals surface area contributed by atoms with Gasteiger partial charge < -0.3 is 26.4 Å². The van der Waals surface area contributed by atoms with Crippen molar-refractivity contribution in [1.82, 2.24) is 4.98 Å². The summed E-state index contributed by atoms with van der Waals surface area (Å²) >= 11 is 0. The summed E-state index contributed by atoms with van der Waals surface area (Å²) in [4.78, 5) is 4.51. The molecule has 1 aliphatic carbocycles. The number of aromatic nitrogens is 1. The van der Waals surface area contributed by atoms with Crippen LogP contribution < -0.4 is 20.9 Å². The highest BCUT2D eigenvalue weighted by Crippen LogP contribution is 2.35. The van der Waals surface area contributed by atoms with Gasteiger partial charge in [0.1, 0.15) is 23.9 Å². The van der Waals surface area contributed by atoms with Crippen molar-refractivity contribution in [3.05, 3.63) is 48.4 Å². The Morgan fingerprint density at radius 2 is 2.10 bits per heavy atom. The Balaban J connectivity index is 1.85. The Kier molecular flexibility index (Phi) is 7.25. The highest BCUT2D eigenvalue weighted by Gasteiger charge is 2.25. The fraction of sp³-hybridized carbons (Fsp3) is 0.391. The normalized spacial score (nSPS) is 13.9. The lowest BCUT2D eigenvalue weighted by Crippen LogP contribution is -2.10. The molecule has 1 aromatic heterocycles. The second kappa shape index (κ2) is 10.1. The Hall–Kier alpha value is -2.86. The number of anilines is 1. The van der Waals surface area contributed by atoms with Crippen LogP contribution in [0.25, 0.3) is 11.3 Å². The third-order valence-corrected chi connectivity index (χ3v) is 4.76. The van der Waals surface area contributed by atoms with Crippen LogP contribution >= 0.6 is 0 Å². The van der Waals surface area contributed by atoms with Gasteiger partial charge in [-0.3, -0.25) is 4.98 Å². The van der Waals surface area contributed by atoms with Crippen molar-refractivity contribution in [3.8, 4) is 22.8 Å². The Labute approximate surface area is 172 Å². The molecule has 0 aliphatic heterocycles. The lowest BCUT2D eigenvalue weighted by atomic mass is 10.1. The first-order chi connectivity index (χ1) is 14.1. The number of hydrogen-bond donors (Lipinski definition) is 3. The molecule has 2 aromatic rings. The van der Waals surface area contributed by atoms with Crippen LogP contribution in [0.4, 0.5) is 5.69 Å². The predicted octanol–water partition coefficient (Wildman–Crippen LogP) is 4.55. The van der Waals surface area contributed by atoms with E-state index >= 15 is 0 Å². The standard InChI is InChI=1S/C23H30N4O2/c1-2-3-4-18(14-21(26)16-5-6-16)29-23-13-17(25)7-9-20(23)22-10-8-19(15-27-22)28-12-11-24/h7-10,13-16,26H,2-6,11-12,24-25H2,1H3/b18-14+,26-21?. The summed E-state index contributed by atoms with van der Waals surface area (Å²) in [5.74, 6) is 2.52. The van der Waals surface area contributed by atoms with Crippen molar-refractivity contribution in [1.29, 1.82) is 5.41 Å². The second-order valence-corrected chi connectivity index (χ2v) is 7.32. The predicted molar refractivity (Wildman–Crippen MR) is 117 cm³/mol. The molecule has 154 valence electrons. The van der Waals surface area contributed by atoms with Crippen LogP contribution in [0.15, 0.2) is 48.4 Å². The van der Waals surface area contributed by atoms with Gasteiger partial charge in [-0.25, -0.2) is 0 Å². The number of pyridine rings is 1. The molecule has 3 rings (SSSR count). The van der Waals surface area contributed by atoms with Crippen molar-refractivity contribution in [3.63, 3.8) is 0 Å². The van der Waals surface area contributed by atoms with Crippen LogP contribution in [-0.4, -0.2) is 23.8 Å². The van der Waals surface area contributed by atoms with E-state index in [9.17, 15) is 0 Å². The minimum atomic E-state index is 0.387. The van der Waals surface area contributed by atoms with E-state index in [-0.39, 0.29) is 0 Å². The number of rotatable bonds is 11. The van der Waals surface area contributed by atoms with Crippen molar-refractivity contribution in [2.24, 2.45) is 11.7 Å². The highest BCUT2D eigenvalue weighted by atomic mass is 16.5. The van der Waals surface area contributed by atoms with E-state index in [1.54, 1.807) is 6.20 Å². The lowest BCUT2D eigenvalue weighted by molar-refractivity contribution is 0.327. The van der Waals surface area contributed by atoms with E-state index < -0.39 is 0 Å². The summed E-state index contributed by atoms with van der Waals surface area (Å²) in [5, 5.41) is 8.26. The van der Waals surface area contributed by atoms with Crippen molar-refractivity contribution in [2.75, 3.05) is 18.9 Å². The number of nitrogen functional groups attached to an aromatic ring is 1. The van der Waals surface area contributed by atoms with Gasteiger partial charge >= 0.3 is 0 Å². The SMILES string of the molecule is CCCC/C(=C\C(=N)C1CC1)Oc1cc(N)ccc1-c1ccc(OCCN)cn1. The summed E-state index contributed by atoms with van der Waals surface area (Å²) in [5.41, 5.74) is 14.4. The molecule has 29 heavy (non-hydrogen) atoms. The highest BCUT2D eigenvalue weighted by molar-refractivity contribution is 5.96. The summed E-state index contributed by atoms with van der Waals surface area (Å²) in [6.07, 6.45) is 8.63. The molecule has 1 aromatic carbocycles. The first-order valence-electron chi connectivity index (χ1n) is 10.3. The largest absolute Gasteiger partial charge is 0.491 e. The number of nitrogens with one attached hydrogen (secondary N) is 1. The van der Waals surface area contributed by atoms with Crippen molar-refractivity contribution >= 4 is 11.4 Å². The molecule has 6 heteroatoms. The van der Waals surface area contributed by atoms with Crippen LogP contribution in [-0.2, 0) is 0 Å². The van der Waals surface area contributed by atoms with E-state index in [0.717, 1.165) is 49.1 Å². The third kappa shape index (κ3) is 6.06. The molecule has 1 saturated carbocycles. The molecule has 0 atom stereocenters. The molecule has 0 radical (unpaired) electrons. The van der Waals surface area contributed by atoms with E-state index in [2.05, 4.69) is 11.9 Å². The smallest absolute Gasteiger partial charge is 0.138 e. The van der Waals surface area contributed by atoms with E-state index in [1.807, 2.05) is 36.4 Å². The van der Waals surface area contributed by atoms with Crippen LogP contribution in [0.5, 0.6) is 11.5 Å². The zero-order chi connectivity index (χ0) is 20.6. The van der Waals surface area contributed by atoms with Gasteiger partial charge in [-0.1, -0.05) is 13.3 Å². The van der Waals surface area contributed by atoms with Crippen molar-refractivity contribution < 1.29 is 9.47 Å². The maximum atomic E-state index is 8.26. The molecule has 0 unspecified atom stereocenters. The van der Waals surface area contributed by atoms with Crippen LogP contribution in [0, 0.1) is 11.3 Å². The first-order valence-corrected chi connectivity index (χ1v) is 10.3. The summed E-state index contributed by atoms with van der Waals surface area (Å²) < 4.78 is 11.8. The minimum Gasteiger partial charge on any atom is -0.491 e. The average molecular weight is 395 g/mol. The molecule has 0 bridgehead atoms. The Morgan fingerprint density at radius 1 is 1.28 bits per heavy atom.